The molecule has 5 nitrogen and oxygen atoms in total. The second kappa shape index (κ2) is 6.81. The number of rotatable bonds is 5. The lowest BCUT2D eigenvalue weighted by Crippen LogP contribution is -2.52. The molecule has 2 rings (SSSR count). The Morgan fingerprint density at radius 1 is 1.32 bits per heavy atom. The highest BCUT2D eigenvalue weighted by molar-refractivity contribution is 5.84. The minimum atomic E-state index is -0.562. The molecule has 1 atom stereocenters. The molecule has 120 valence electrons. The van der Waals surface area contributed by atoms with E-state index in [9.17, 15) is 9.59 Å². The number of nitrogens with two attached hydrogens (primary N) is 1. The van der Waals surface area contributed by atoms with Gasteiger partial charge in [0.2, 0.25) is 11.8 Å². The first-order chi connectivity index (χ1) is 10.5. The van der Waals surface area contributed by atoms with Crippen LogP contribution < -0.4 is 10.5 Å². The Morgan fingerprint density at radius 3 is 2.55 bits per heavy atom. The Bertz CT molecular complexity index is 541. The summed E-state index contributed by atoms with van der Waals surface area (Å²) in [5.41, 5.74) is 5.95. The molecule has 1 fully saturated rings. The second-order valence-electron chi connectivity index (χ2n) is 5.94. The molecule has 0 bridgehead atoms. The van der Waals surface area contributed by atoms with Crippen molar-refractivity contribution in [3.05, 3.63) is 29.8 Å². The van der Waals surface area contributed by atoms with Gasteiger partial charge in [-0.2, -0.15) is 0 Å². The summed E-state index contributed by atoms with van der Waals surface area (Å²) in [5.74, 6) is 0.522. The largest absolute Gasteiger partial charge is 0.497 e. The van der Waals surface area contributed by atoms with Crippen LogP contribution in [0.15, 0.2) is 24.3 Å². The SMILES string of the molecule is CCC1(C(N)=O)CCCN(C(=O)Cc2ccc(OC)cc2)C1. The summed E-state index contributed by atoms with van der Waals surface area (Å²) in [4.78, 5) is 26.0. The molecule has 1 unspecified atom stereocenters. The predicted octanol–water partition coefficient (Wildman–Crippen LogP) is 1.74. The zero-order chi connectivity index (χ0) is 16.2. The molecule has 1 aliphatic heterocycles. The summed E-state index contributed by atoms with van der Waals surface area (Å²) < 4.78 is 5.11. The first-order valence-corrected chi connectivity index (χ1v) is 7.71. The summed E-state index contributed by atoms with van der Waals surface area (Å²) in [7, 11) is 1.61. The van der Waals surface area contributed by atoms with Gasteiger partial charge >= 0.3 is 0 Å². The summed E-state index contributed by atoms with van der Waals surface area (Å²) in [6.07, 6.45) is 2.60. The van der Waals surface area contributed by atoms with Gasteiger partial charge in [0.05, 0.1) is 18.9 Å². The molecule has 1 aliphatic rings. The zero-order valence-corrected chi connectivity index (χ0v) is 13.3. The monoisotopic (exact) mass is 304 g/mol. The molecule has 0 aliphatic carbocycles. The Morgan fingerprint density at radius 2 is 2.00 bits per heavy atom. The van der Waals surface area contributed by atoms with Crippen LogP contribution in [0.3, 0.4) is 0 Å². The number of amides is 2. The number of likely N-dealkylation sites (tertiary alicyclic amines) is 1. The fourth-order valence-corrected chi connectivity index (χ4v) is 3.04. The van der Waals surface area contributed by atoms with Crippen LogP contribution in [0.25, 0.3) is 0 Å². The number of piperidine rings is 1. The van der Waals surface area contributed by atoms with Crippen LogP contribution >= 0.6 is 0 Å². The predicted molar refractivity (Wildman–Crippen MR) is 84.4 cm³/mol. The molecule has 0 aromatic heterocycles. The minimum Gasteiger partial charge on any atom is -0.497 e. The van der Waals surface area contributed by atoms with Crippen LogP contribution in [0, 0.1) is 5.41 Å². The summed E-state index contributed by atoms with van der Waals surface area (Å²) in [5, 5.41) is 0. The van der Waals surface area contributed by atoms with E-state index in [4.69, 9.17) is 10.5 Å². The lowest BCUT2D eigenvalue weighted by molar-refractivity contribution is -0.139. The molecule has 2 amide bonds. The quantitative estimate of drug-likeness (QED) is 0.900. The third-order valence-corrected chi connectivity index (χ3v) is 4.64. The van der Waals surface area contributed by atoms with Crippen molar-refractivity contribution < 1.29 is 14.3 Å². The third kappa shape index (κ3) is 3.40. The lowest BCUT2D eigenvalue weighted by Gasteiger charge is -2.40. The zero-order valence-electron chi connectivity index (χ0n) is 13.3. The molecule has 0 spiro atoms. The number of nitrogens with zero attached hydrogens (tertiary/aromatic N) is 1. The van der Waals surface area contributed by atoms with Gasteiger partial charge in [0, 0.05) is 13.1 Å². The smallest absolute Gasteiger partial charge is 0.227 e. The molecule has 1 saturated heterocycles. The maximum absolute atomic E-state index is 12.5. The van der Waals surface area contributed by atoms with E-state index in [1.54, 1.807) is 12.0 Å². The Kier molecular flexibility index (Phi) is 5.06. The number of primary amides is 1. The summed E-state index contributed by atoms with van der Waals surface area (Å²) in [6.45, 7) is 3.10. The van der Waals surface area contributed by atoms with Crippen molar-refractivity contribution in [2.45, 2.75) is 32.6 Å². The van der Waals surface area contributed by atoms with Crippen molar-refractivity contribution in [2.75, 3.05) is 20.2 Å². The number of benzene rings is 1. The highest BCUT2D eigenvalue weighted by atomic mass is 16.5. The van der Waals surface area contributed by atoms with Crippen molar-refractivity contribution in [1.82, 2.24) is 4.90 Å². The van der Waals surface area contributed by atoms with Crippen LogP contribution in [0.1, 0.15) is 31.7 Å². The van der Waals surface area contributed by atoms with Gasteiger partial charge in [-0.15, -0.1) is 0 Å². The van der Waals surface area contributed by atoms with Crippen LogP contribution in [-0.2, 0) is 16.0 Å². The molecule has 1 aromatic rings. The second-order valence-corrected chi connectivity index (χ2v) is 5.94. The van der Waals surface area contributed by atoms with E-state index < -0.39 is 5.41 Å². The van der Waals surface area contributed by atoms with Crippen LogP contribution in [0.5, 0.6) is 5.75 Å². The van der Waals surface area contributed by atoms with E-state index in [0.717, 1.165) is 24.2 Å². The van der Waals surface area contributed by atoms with Crippen LogP contribution in [0.2, 0.25) is 0 Å². The number of hydrogen-bond acceptors (Lipinski definition) is 3. The van der Waals surface area contributed by atoms with Crippen LogP contribution in [0.4, 0.5) is 0 Å². The van der Waals surface area contributed by atoms with Crippen molar-refractivity contribution >= 4 is 11.8 Å². The number of hydrogen-bond donors (Lipinski definition) is 1. The Hall–Kier alpha value is -2.04. The Labute approximate surface area is 131 Å². The van der Waals surface area contributed by atoms with E-state index in [1.807, 2.05) is 31.2 Å². The third-order valence-electron chi connectivity index (χ3n) is 4.64. The minimum absolute atomic E-state index is 0.0453. The number of ether oxygens (including phenoxy) is 1. The number of methoxy groups -OCH3 is 1. The highest BCUT2D eigenvalue weighted by Crippen LogP contribution is 2.33. The molecule has 1 aromatic carbocycles. The standard InChI is InChI=1S/C17H24N2O3/c1-3-17(16(18)21)9-4-10-19(12-17)15(20)11-13-5-7-14(22-2)8-6-13/h5-8H,3-4,9-12H2,1-2H3,(H2,18,21). The topological polar surface area (TPSA) is 72.6 Å². The molecule has 1 heterocycles. The van der Waals surface area contributed by atoms with Gasteiger partial charge in [0.15, 0.2) is 0 Å². The maximum atomic E-state index is 12.5. The maximum Gasteiger partial charge on any atom is 0.227 e. The van der Waals surface area contributed by atoms with Gasteiger partial charge in [-0.3, -0.25) is 9.59 Å². The fraction of sp³-hybridized carbons (Fsp3) is 0.529. The van der Waals surface area contributed by atoms with Gasteiger partial charge in [0.25, 0.3) is 0 Å². The van der Waals surface area contributed by atoms with Gasteiger partial charge < -0.3 is 15.4 Å². The van der Waals surface area contributed by atoms with Crippen molar-refractivity contribution in [3.63, 3.8) is 0 Å². The molecule has 22 heavy (non-hydrogen) atoms. The summed E-state index contributed by atoms with van der Waals surface area (Å²) >= 11 is 0. The van der Waals surface area contributed by atoms with Gasteiger partial charge in [-0.25, -0.2) is 0 Å². The normalized spacial score (nSPS) is 21.5. The summed E-state index contributed by atoms with van der Waals surface area (Å²) in [6, 6.07) is 7.47. The molecule has 5 heteroatoms. The van der Waals surface area contributed by atoms with E-state index in [0.29, 0.717) is 25.9 Å². The van der Waals surface area contributed by atoms with Crippen molar-refractivity contribution in [2.24, 2.45) is 11.1 Å². The van der Waals surface area contributed by atoms with E-state index in [2.05, 4.69) is 0 Å². The molecular weight excluding hydrogens is 280 g/mol. The van der Waals surface area contributed by atoms with E-state index in [1.165, 1.54) is 0 Å². The van der Waals surface area contributed by atoms with E-state index >= 15 is 0 Å². The lowest BCUT2D eigenvalue weighted by atomic mass is 9.77. The highest BCUT2D eigenvalue weighted by Gasteiger charge is 2.40. The average Bonchev–Trinajstić information content (AvgIpc) is 2.55. The number of carbonyl (C=O) groups is 2. The van der Waals surface area contributed by atoms with Crippen molar-refractivity contribution in [3.8, 4) is 5.75 Å². The molecule has 0 saturated carbocycles. The Balaban J connectivity index is 2.03. The average molecular weight is 304 g/mol. The van der Waals surface area contributed by atoms with Gasteiger partial charge in [0.1, 0.15) is 5.75 Å². The first kappa shape index (κ1) is 16.3. The molecule has 2 N–H and O–H groups in total. The van der Waals surface area contributed by atoms with Crippen molar-refractivity contribution in [1.29, 1.82) is 0 Å². The molecule has 0 radical (unpaired) electrons. The van der Waals surface area contributed by atoms with E-state index in [-0.39, 0.29) is 11.8 Å². The van der Waals surface area contributed by atoms with Gasteiger partial charge in [-0.1, -0.05) is 19.1 Å². The molecular formula is C17H24N2O3. The first-order valence-electron chi connectivity index (χ1n) is 7.71. The number of carbonyl (C=O) groups excluding carboxylic acids is 2. The van der Waals surface area contributed by atoms with Crippen LogP contribution in [-0.4, -0.2) is 36.9 Å². The fourth-order valence-electron chi connectivity index (χ4n) is 3.04. The van der Waals surface area contributed by atoms with Gasteiger partial charge in [-0.05, 0) is 37.0 Å².